The van der Waals surface area contributed by atoms with Gasteiger partial charge in [0.25, 0.3) is 0 Å². The third-order valence-corrected chi connectivity index (χ3v) is 13.5. The van der Waals surface area contributed by atoms with Gasteiger partial charge in [0.05, 0.1) is 22.3 Å². The topological polar surface area (TPSA) is 50.9 Å². The minimum absolute atomic E-state index is 0. The van der Waals surface area contributed by atoms with Gasteiger partial charge in [0.2, 0.25) is 0 Å². The van der Waals surface area contributed by atoms with Crippen LogP contribution in [-0.4, -0.2) is 19.6 Å². The number of phenols is 1. The van der Waals surface area contributed by atoms with Crippen molar-refractivity contribution in [2.75, 3.05) is 0 Å². The molecule has 11 rings (SSSR count). The van der Waals surface area contributed by atoms with Gasteiger partial charge in [0.15, 0.2) is 0 Å². The van der Waals surface area contributed by atoms with Gasteiger partial charge in [-0.2, -0.15) is 0 Å². The summed E-state index contributed by atoms with van der Waals surface area (Å²) < 4.78 is 20.9. The second kappa shape index (κ2) is 19.0. The number of aromatic nitrogens is 3. The van der Waals surface area contributed by atoms with Crippen LogP contribution in [0.3, 0.4) is 0 Å². The molecule has 65 heavy (non-hydrogen) atoms. The number of fused-ring (bicyclic) bond motifs is 1. The van der Waals surface area contributed by atoms with Crippen molar-refractivity contribution >= 4 is 11.0 Å². The molecule has 9 aromatic rings. The number of hydrogen-bond acceptors (Lipinski definition) is 3. The quantitative estimate of drug-likeness (QED) is 0.139. The first-order chi connectivity index (χ1) is 32.4. The second-order valence-electron chi connectivity index (χ2n) is 17.6. The van der Waals surface area contributed by atoms with Crippen LogP contribution in [0.4, 0.5) is 0 Å². The summed E-state index contributed by atoms with van der Waals surface area (Å²) in [6.45, 7) is 0. The predicted octanol–water partition coefficient (Wildman–Crippen LogP) is 15.7. The van der Waals surface area contributed by atoms with Gasteiger partial charge in [-0.25, -0.2) is 4.98 Å². The minimum atomic E-state index is -1.48. The zero-order chi connectivity index (χ0) is 44.6. The fraction of sp³-hybridized carbons (Fsp3) is 0.200. The Bertz CT molecular complexity index is 3170. The molecule has 0 unspecified atom stereocenters. The second-order valence-corrected chi connectivity index (χ2v) is 17.6. The van der Waals surface area contributed by atoms with Gasteiger partial charge >= 0.3 is 0 Å². The Morgan fingerprint density at radius 3 is 2.02 bits per heavy atom. The molecule has 0 spiro atoms. The molecule has 0 saturated heterocycles. The zero-order valence-electron chi connectivity index (χ0n) is 38.4. The van der Waals surface area contributed by atoms with E-state index in [0.29, 0.717) is 22.9 Å². The summed E-state index contributed by atoms with van der Waals surface area (Å²) in [5, 5.41) is 11.5. The van der Waals surface area contributed by atoms with Crippen LogP contribution in [0.5, 0.6) is 5.75 Å². The van der Waals surface area contributed by atoms with E-state index in [0.717, 1.165) is 92.6 Å². The summed E-state index contributed by atoms with van der Waals surface area (Å²) in [7, 11) is 0. The van der Waals surface area contributed by atoms with Crippen LogP contribution in [0.15, 0.2) is 176 Å². The van der Waals surface area contributed by atoms with E-state index in [4.69, 9.17) is 9.97 Å². The number of nitrogens with zero attached hydrogens (tertiary/aromatic N) is 3. The molecule has 2 fully saturated rings. The molecular weight excluding hydrogens is 974 g/mol. The Morgan fingerprint density at radius 1 is 0.569 bits per heavy atom. The third-order valence-electron chi connectivity index (χ3n) is 13.5. The number of para-hydroxylation sites is 2. The van der Waals surface area contributed by atoms with E-state index in [1.807, 2.05) is 66.9 Å². The van der Waals surface area contributed by atoms with Crippen molar-refractivity contribution in [3.8, 4) is 78.6 Å². The fourth-order valence-corrected chi connectivity index (χ4v) is 10.2. The predicted molar refractivity (Wildman–Crippen MR) is 263 cm³/mol. The standard InChI is InChI=1S/C60H52N3O.Pt/c64-58-26-13-12-23-53(58)60-62-59-52(24-14-25-57(59)63(60)56-32-27-42(35-41-15-10-11-16-41)36-54(56)47-21-8-3-9-22-47)50-37-49(44-19-6-2-7-20-44)38-51(39-50)55-40-48(33-34-61-55)46-30-28-45(29-31-46)43-17-4-1-5-18-43;/h2-3,6-9,12-14,19-34,36-38,40-41,43,64H,1,4-5,10-11,15-18,35H2;/q-1;/i35D2;. The summed E-state index contributed by atoms with van der Waals surface area (Å²) in [5.74, 6) is 1.34. The van der Waals surface area contributed by atoms with Crippen molar-refractivity contribution in [1.82, 2.24) is 14.5 Å². The summed E-state index contributed by atoms with van der Waals surface area (Å²) in [6.07, 6.45) is 10.9. The van der Waals surface area contributed by atoms with Crippen molar-refractivity contribution < 1.29 is 28.9 Å². The molecule has 0 radical (unpaired) electrons. The SMILES string of the molecule is [2H]C([2H])(c1ccc(-n2c(-c3ccccc3O)nc3c(-c4[c-]c(-c5cc(-c6ccc(C7CCCCC7)cc6)ccn5)cc(-c5ccccc5)c4)cccc32)c(-c2ccccc2)c1)C1CCCC1.[Pt]. The molecule has 2 aliphatic carbocycles. The van der Waals surface area contributed by atoms with Crippen LogP contribution in [0.2, 0.25) is 0 Å². The average Bonchev–Trinajstić information content (AvgIpc) is 4.07. The number of hydrogen-bond donors (Lipinski definition) is 1. The normalized spacial score (nSPS) is 15.1. The van der Waals surface area contributed by atoms with Crippen LogP contribution in [0, 0.1) is 12.0 Å². The molecule has 7 aromatic carbocycles. The third kappa shape index (κ3) is 8.77. The molecule has 2 aliphatic rings. The average molecular weight is 1030 g/mol. The first-order valence-electron chi connectivity index (χ1n) is 24.1. The Hall–Kier alpha value is -6.35. The Labute approximate surface area is 400 Å². The largest absolute Gasteiger partial charge is 0.507 e. The smallest absolute Gasteiger partial charge is 0.148 e. The molecule has 2 aromatic heterocycles. The van der Waals surface area contributed by atoms with E-state index >= 15 is 0 Å². The van der Waals surface area contributed by atoms with Gasteiger partial charge in [-0.05, 0) is 101 Å². The van der Waals surface area contributed by atoms with Crippen molar-refractivity contribution in [2.45, 2.75) is 70.1 Å². The van der Waals surface area contributed by atoms with E-state index in [9.17, 15) is 7.85 Å². The van der Waals surface area contributed by atoms with Crippen molar-refractivity contribution in [3.63, 3.8) is 0 Å². The van der Waals surface area contributed by atoms with Crippen molar-refractivity contribution in [1.29, 1.82) is 0 Å². The Morgan fingerprint density at radius 2 is 1.25 bits per heavy atom. The van der Waals surface area contributed by atoms with Crippen LogP contribution >= 0.6 is 0 Å². The molecule has 0 atom stereocenters. The first-order valence-corrected chi connectivity index (χ1v) is 23.1. The Balaban J connectivity index is 0.00000525. The van der Waals surface area contributed by atoms with Gasteiger partial charge in [0.1, 0.15) is 11.6 Å². The fourth-order valence-electron chi connectivity index (χ4n) is 10.2. The number of rotatable bonds is 10. The molecule has 2 saturated carbocycles. The van der Waals surface area contributed by atoms with Gasteiger partial charge in [0, 0.05) is 41.3 Å². The summed E-state index contributed by atoms with van der Waals surface area (Å²) in [4.78, 5) is 10.4. The molecule has 0 aliphatic heterocycles. The molecule has 5 heteroatoms. The maximum absolute atomic E-state index is 11.5. The van der Waals surface area contributed by atoms with Gasteiger partial charge in [-0.3, -0.25) is 9.55 Å². The van der Waals surface area contributed by atoms with E-state index in [1.54, 1.807) is 6.07 Å². The first kappa shape index (κ1) is 40.2. The maximum atomic E-state index is 11.5. The van der Waals surface area contributed by atoms with Crippen LogP contribution in [0.25, 0.3) is 83.9 Å². The van der Waals surface area contributed by atoms with Crippen LogP contribution in [-0.2, 0) is 27.4 Å². The van der Waals surface area contributed by atoms with E-state index in [1.165, 1.54) is 43.2 Å². The monoisotopic (exact) mass is 1030 g/mol. The number of imidazole rings is 1. The van der Waals surface area contributed by atoms with Gasteiger partial charge in [-0.15, -0.1) is 23.8 Å². The number of phenolic OH excluding ortho intramolecular Hbond substituents is 1. The number of aromatic hydroxyl groups is 1. The molecule has 2 heterocycles. The summed E-state index contributed by atoms with van der Waals surface area (Å²) in [5.41, 5.74) is 14.9. The zero-order valence-corrected chi connectivity index (χ0v) is 38.6. The molecule has 1 N–H and O–H groups in total. The maximum Gasteiger partial charge on any atom is 0.148 e. The molecular formula is C60H52N3OPt-. The molecule has 0 bridgehead atoms. The van der Waals surface area contributed by atoms with Crippen molar-refractivity contribution in [3.05, 3.63) is 193 Å². The van der Waals surface area contributed by atoms with Crippen LogP contribution in [0.1, 0.15) is 77.6 Å². The van der Waals surface area contributed by atoms with Crippen LogP contribution < -0.4 is 0 Å². The Kier molecular flexibility index (Phi) is 11.8. The summed E-state index contributed by atoms with van der Waals surface area (Å²) in [6, 6.07) is 62.0. The van der Waals surface area contributed by atoms with E-state index in [-0.39, 0.29) is 32.7 Å². The molecule has 0 amide bonds. The van der Waals surface area contributed by atoms with Gasteiger partial charge in [-0.1, -0.05) is 183 Å². The summed E-state index contributed by atoms with van der Waals surface area (Å²) >= 11 is 0. The van der Waals surface area contributed by atoms with E-state index < -0.39 is 6.37 Å². The van der Waals surface area contributed by atoms with Gasteiger partial charge < -0.3 is 5.11 Å². The van der Waals surface area contributed by atoms with E-state index in [2.05, 4.69) is 114 Å². The number of benzene rings is 7. The molecule has 4 nitrogen and oxygen atoms in total. The number of pyridine rings is 1. The van der Waals surface area contributed by atoms with Crippen molar-refractivity contribution in [2.24, 2.45) is 5.92 Å². The molecule has 324 valence electrons. The minimum Gasteiger partial charge on any atom is -0.507 e.